The maximum absolute atomic E-state index is 5.59. The zero-order valence-corrected chi connectivity index (χ0v) is 10.4. The lowest BCUT2D eigenvalue weighted by atomic mass is 10.2. The van der Waals surface area contributed by atoms with Gasteiger partial charge in [-0.15, -0.1) is 0 Å². The molecule has 0 saturated heterocycles. The summed E-state index contributed by atoms with van der Waals surface area (Å²) in [6, 6.07) is 0. The number of aromatic nitrogens is 5. The Balaban J connectivity index is 1.97. The van der Waals surface area contributed by atoms with E-state index in [1.165, 1.54) is 0 Å². The van der Waals surface area contributed by atoms with Gasteiger partial charge in [0.15, 0.2) is 11.6 Å². The van der Waals surface area contributed by atoms with E-state index < -0.39 is 0 Å². The minimum absolute atomic E-state index is 0.415. The van der Waals surface area contributed by atoms with Crippen LogP contribution in [0, 0.1) is 5.92 Å². The van der Waals surface area contributed by atoms with Crippen molar-refractivity contribution in [1.82, 2.24) is 24.5 Å². The van der Waals surface area contributed by atoms with E-state index in [2.05, 4.69) is 29.0 Å². The van der Waals surface area contributed by atoms with E-state index in [0.29, 0.717) is 12.5 Å². The molecular weight excluding hydrogens is 218 g/mol. The third-order valence-corrected chi connectivity index (χ3v) is 2.28. The highest BCUT2D eigenvalue weighted by molar-refractivity contribution is 5.11. The summed E-state index contributed by atoms with van der Waals surface area (Å²) in [6.07, 6.45) is 5.07. The number of aryl methyl sites for hydroxylation is 1. The second kappa shape index (κ2) is 4.99. The first-order chi connectivity index (χ1) is 8.15. The first-order valence-corrected chi connectivity index (χ1v) is 5.63. The summed E-state index contributed by atoms with van der Waals surface area (Å²) >= 11 is 0. The van der Waals surface area contributed by atoms with Crippen molar-refractivity contribution in [1.29, 1.82) is 0 Å². The van der Waals surface area contributed by atoms with E-state index in [0.717, 1.165) is 18.1 Å². The molecular formula is C11H17N5O. The standard InChI is InChI=1S/C11H17N5O/c1-9(2)5-16-11(12-8-14-16)7-17-10-4-13-15(3)6-10/h4,6,8-9H,5,7H2,1-3H3. The van der Waals surface area contributed by atoms with E-state index in [9.17, 15) is 0 Å². The van der Waals surface area contributed by atoms with Crippen molar-refractivity contribution in [3.8, 4) is 5.75 Å². The Morgan fingerprint density at radius 1 is 1.35 bits per heavy atom. The number of hydrogen-bond acceptors (Lipinski definition) is 4. The highest BCUT2D eigenvalue weighted by Gasteiger charge is 2.07. The van der Waals surface area contributed by atoms with Crippen LogP contribution in [0.2, 0.25) is 0 Å². The molecule has 0 amide bonds. The van der Waals surface area contributed by atoms with Crippen LogP contribution >= 0.6 is 0 Å². The molecule has 0 radical (unpaired) electrons. The van der Waals surface area contributed by atoms with E-state index >= 15 is 0 Å². The van der Waals surface area contributed by atoms with Crippen LogP contribution in [0.5, 0.6) is 5.75 Å². The fraction of sp³-hybridized carbons (Fsp3) is 0.545. The molecule has 2 aromatic rings. The lowest BCUT2D eigenvalue weighted by Crippen LogP contribution is -2.12. The SMILES string of the molecule is CC(C)Cn1ncnc1COc1cnn(C)c1. The van der Waals surface area contributed by atoms with Gasteiger partial charge in [-0.1, -0.05) is 13.8 Å². The molecule has 2 heterocycles. The minimum Gasteiger partial charge on any atom is -0.482 e. The molecule has 0 unspecified atom stereocenters. The second-order valence-electron chi connectivity index (χ2n) is 4.39. The van der Waals surface area contributed by atoms with Crippen molar-refractivity contribution in [2.24, 2.45) is 13.0 Å². The summed E-state index contributed by atoms with van der Waals surface area (Å²) in [5, 5.41) is 8.21. The number of ether oxygens (including phenoxy) is 1. The van der Waals surface area contributed by atoms with Gasteiger partial charge in [0.1, 0.15) is 12.9 Å². The zero-order valence-electron chi connectivity index (χ0n) is 10.4. The van der Waals surface area contributed by atoms with Crippen LogP contribution in [0.25, 0.3) is 0 Å². The normalized spacial score (nSPS) is 11.1. The Labute approximate surface area is 100 Å². The monoisotopic (exact) mass is 235 g/mol. The third-order valence-electron chi connectivity index (χ3n) is 2.28. The van der Waals surface area contributed by atoms with Gasteiger partial charge >= 0.3 is 0 Å². The Hall–Kier alpha value is -1.85. The zero-order chi connectivity index (χ0) is 12.3. The van der Waals surface area contributed by atoms with E-state index in [4.69, 9.17) is 4.74 Å². The summed E-state index contributed by atoms with van der Waals surface area (Å²) < 4.78 is 9.17. The number of rotatable bonds is 5. The molecule has 0 aliphatic carbocycles. The molecule has 0 fully saturated rings. The lowest BCUT2D eigenvalue weighted by molar-refractivity contribution is 0.282. The minimum atomic E-state index is 0.415. The number of nitrogens with zero attached hydrogens (tertiary/aromatic N) is 5. The fourth-order valence-electron chi connectivity index (χ4n) is 1.52. The van der Waals surface area contributed by atoms with Crippen molar-refractivity contribution in [2.75, 3.05) is 0 Å². The highest BCUT2D eigenvalue weighted by atomic mass is 16.5. The molecule has 0 aromatic carbocycles. The quantitative estimate of drug-likeness (QED) is 0.782. The van der Waals surface area contributed by atoms with Crippen molar-refractivity contribution in [3.05, 3.63) is 24.5 Å². The third kappa shape index (κ3) is 3.05. The van der Waals surface area contributed by atoms with Crippen LogP contribution < -0.4 is 4.74 Å². The lowest BCUT2D eigenvalue weighted by Gasteiger charge is -2.08. The van der Waals surface area contributed by atoms with Crippen LogP contribution in [0.15, 0.2) is 18.7 Å². The predicted molar refractivity (Wildman–Crippen MR) is 62.4 cm³/mol. The van der Waals surface area contributed by atoms with Crippen LogP contribution in [-0.2, 0) is 20.2 Å². The van der Waals surface area contributed by atoms with Crippen LogP contribution in [0.1, 0.15) is 19.7 Å². The van der Waals surface area contributed by atoms with Crippen LogP contribution in [-0.4, -0.2) is 24.5 Å². The van der Waals surface area contributed by atoms with Gasteiger partial charge in [-0.05, 0) is 5.92 Å². The average molecular weight is 235 g/mol. The molecule has 0 aliphatic rings. The average Bonchev–Trinajstić information content (AvgIpc) is 2.84. The summed E-state index contributed by atoms with van der Waals surface area (Å²) in [5.74, 6) is 2.11. The molecule has 17 heavy (non-hydrogen) atoms. The van der Waals surface area contributed by atoms with Gasteiger partial charge in [-0.3, -0.25) is 4.68 Å². The van der Waals surface area contributed by atoms with E-state index in [-0.39, 0.29) is 0 Å². The first kappa shape index (κ1) is 11.6. The molecule has 0 atom stereocenters. The maximum atomic E-state index is 5.59. The Kier molecular flexibility index (Phi) is 3.41. The first-order valence-electron chi connectivity index (χ1n) is 5.63. The molecule has 92 valence electrons. The van der Waals surface area contributed by atoms with Gasteiger partial charge in [-0.25, -0.2) is 9.67 Å². The van der Waals surface area contributed by atoms with Gasteiger partial charge in [-0.2, -0.15) is 10.2 Å². The summed E-state index contributed by atoms with van der Waals surface area (Å²) in [4.78, 5) is 4.19. The smallest absolute Gasteiger partial charge is 0.164 e. The molecule has 0 N–H and O–H groups in total. The number of hydrogen-bond donors (Lipinski definition) is 0. The Bertz CT molecular complexity index is 474. The van der Waals surface area contributed by atoms with Crippen molar-refractivity contribution in [3.63, 3.8) is 0 Å². The largest absolute Gasteiger partial charge is 0.482 e. The Morgan fingerprint density at radius 2 is 2.18 bits per heavy atom. The van der Waals surface area contributed by atoms with Gasteiger partial charge in [0.25, 0.3) is 0 Å². The second-order valence-corrected chi connectivity index (χ2v) is 4.39. The highest BCUT2D eigenvalue weighted by Crippen LogP contribution is 2.10. The summed E-state index contributed by atoms with van der Waals surface area (Å²) in [7, 11) is 1.86. The van der Waals surface area contributed by atoms with Crippen LogP contribution in [0.4, 0.5) is 0 Å². The predicted octanol–water partition coefficient (Wildman–Crippen LogP) is 1.25. The summed E-state index contributed by atoms with van der Waals surface area (Å²) in [5.41, 5.74) is 0. The molecule has 0 spiro atoms. The molecule has 0 saturated carbocycles. The topological polar surface area (TPSA) is 57.8 Å². The molecule has 6 heteroatoms. The van der Waals surface area contributed by atoms with E-state index in [1.54, 1.807) is 17.2 Å². The summed E-state index contributed by atoms with van der Waals surface area (Å²) in [6.45, 7) is 5.56. The van der Waals surface area contributed by atoms with Gasteiger partial charge < -0.3 is 4.74 Å². The van der Waals surface area contributed by atoms with Gasteiger partial charge in [0, 0.05) is 13.6 Å². The molecule has 0 aliphatic heterocycles. The maximum Gasteiger partial charge on any atom is 0.164 e. The molecule has 6 nitrogen and oxygen atoms in total. The molecule has 2 rings (SSSR count). The fourth-order valence-corrected chi connectivity index (χ4v) is 1.52. The van der Waals surface area contributed by atoms with Crippen molar-refractivity contribution in [2.45, 2.75) is 27.0 Å². The van der Waals surface area contributed by atoms with E-state index in [1.807, 2.05) is 17.9 Å². The molecule has 0 bridgehead atoms. The van der Waals surface area contributed by atoms with Gasteiger partial charge in [0.2, 0.25) is 0 Å². The van der Waals surface area contributed by atoms with Gasteiger partial charge in [0.05, 0.1) is 12.4 Å². The molecule has 2 aromatic heterocycles. The van der Waals surface area contributed by atoms with Crippen molar-refractivity contribution >= 4 is 0 Å². The Morgan fingerprint density at radius 3 is 2.82 bits per heavy atom. The van der Waals surface area contributed by atoms with Crippen LogP contribution in [0.3, 0.4) is 0 Å². The van der Waals surface area contributed by atoms with Crippen molar-refractivity contribution < 1.29 is 4.74 Å².